The van der Waals surface area contributed by atoms with E-state index in [1.165, 1.54) is 23.7 Å². The number of carbonyl (C=O) groups excluding carboxylic acids is 1. The molecule has 0 saturated heterocycles. The van der Waals surface area contributed by atoms with E-state index >= 15 is 0 Å². The van der Waals surface area contributed by atoms with Crippen LogP contribution in [0.3, 0.4) is 0 Å². The molecule has 0 aliphatic heterocycles. The van der Waals surface area contributed by atoms with Crippen LogP contribution >= 0.6 is 27.3 Å². The third-order valence-electron chi connectivity index (χ3n) is 3.10. The Morgan fingerprint density at radius 3 is 2.91 bits per heavy atom. The molecule has 4 rings (SSSR count). The lowest BCUT2D eigenvalue weighted by molar-refractivity contribution is 0.101. The molecule has 4 aromatic rings. The van der Waals surface area contributed by atoms with Gasteiger partial charge in [-0.2, -0.15) is 0 Å². The summed E-state index contributed by atoms with van der Waals surface area (Å²) in [6.45, 7) is 0. The van der Waals surface area contributed by atoms with Gasteiger partial charge in [-0.05, 0) is 40.2 Å². The smallest absolute Gasteiger partial charge is 0.279 e. The first-order valence-electron chi connectivity index (χ1n) is 6.58. The first-order chi connectivity index (χ1) is 11.2. The number of para-hydroxylation sites is 1. The van der Waals surface area contributed by atoms with Crippen LogP contribution in [0.25, 0.3) is 21.7 Å². The van der Waals surface area contributed by atoms with Gasteiger partial charge in [-0.25, -0.2) is 4.98 Å². The molecule has 1 amide bonds. The predicted octanol–water partition coefficient (Wildman–Crippen LogP) is 4.56. The molecule has 3 heterocycles. The lowest BCUT2D eigenvalue weighted by Gasteiger charge is -1.95. The molecule has 6 nitrogen and oxygen atoms in total. The van der Waals surface area contributed by atoms with Crippen LogP contribution in [0, 0.1) is 0 Å². The van der Waals surface area contributed by atoms with Crippen LogP contribution in [-0.4, -0.2) is 16.0 Å². The summed E-state index contributed by atoms with van der Waals surface area (Å²) in [7, 11) is 0. The summed E-state index contributed by atoms with van der Waals surface area (Å²) in [5.74, 6) is 0.523. The van der Waals surface area contributed by atoms with Crippen LogP contribution in [0.2, 0.25) is 0 Å². The Labute approximate surface area is 142 Å². The molecule has 0 spiro atoms. The van der Waals surface area contributed by atoms with Gasteiger partial charge in [0.2, 0.25) is 5.76 Å². The average Bonchev–Trinajstić information content (AvgIpc) is 3.27. The summed E-state index contributed by atoms with van der Waals surface area (Å²) in [5, 5.41) is 6.99. The zero-order chi connectivity index (χ0) is 15.8. The lowest BCUT2D eigenvalue weighted by Crippen LogP contribution is -2.11. The van der Waals surface area contributed by atoms with E-state index < -0.39 is 0 Å². The molecule has 3 aromatic heterocycles. The summed E-state index contributed by atoms with van der Waals surface area (Å²) < 4.78 is 12.2. The molecule has 1 aromatic carbocycles. The Hall–Kier alpha value is -2.45. The van der Waals surface area contributed by atoms with E-state index in [0.29, 0.717) is 16.7 Å². The summed E-state index contributed by atoms with van der Waals surface area (Å²) in [5.41, 5.74) is 0.971. The van der Waals surface area contributed by atoms with Gasteiger partial charge in [-0.15, -0.1) is 0 Å². The van der Waals surface area contributed by atoms with E-state index in [1.807, 2.05) is 18.2 Å². The van der Waals surface area contributed by atoms with Crippen LogP contribution in [0.5, 0.6) is 0 Å². The monoisotopic (exact) mass is 389 g/mol. The second kappa shape index (κ2) is 5.64. The van der Waals surface area contributed by atoms with Crippen LogP contribution in [-0.2, 0) is 0 Å². The van der Waals surface area contributed by atoms with Gasteiger partial charge in [0.15, 0.2) is 16.6 Å². The first-order valence-corrected chi connectivity index (χ1v) is 8.18. The van der Waals surface area contributed by atoms with E-state index in [-0.39, 0.29) is 11.6 Å². The van der Waals surface area contributed by atoms with Crippen molar-refractivity contribution in [1.29, 1.82) is 0 Å². The van der Waals surface area contributed by atoms with Gasteiger partial charge < -0.3 is 8.94 Å². The first kappa shape index (κ1) is 14.2. The number of halogens is 1. The second-order valence-corrected chi connectivity index (χ2v) is 6.50. The minimum Gasteiger partial charge on any atom is -0.461 e. The molecule has 0 atom stereocenters. The van der Waals surface area contributed by atoms with Gasteiger partial charge in [0, 0.05) is 10.5 Å². The number of amides is 1. The Bertz CT molecular complexity index is 991. The quantitative estimate of drug-likeness (QED) is 0.555. The number of nitrogens with zero attached hydrogens (tertiary/aromatic N) is 2. The number of hydrogen-bond donors (Lipinski definition) is 1. The van der Waals surface area contributed by atoms with E-state index in [9.17, 15) is 4.79 Å². The molecule has 0 saturated carbocycles. The second-order valence-electron chi connectivity index (χ2n) is 4.61. The minimum atomic E-state index is -0.387. The van der Waals surface area contributed by atoms with Crippen molar-refractivity contribution < 1.29 is 13.7 Å². The number of nitrogens with one attached hydrogen (secondary N) is 1. The number of furan rings is 1. The normalized spacial score (nSPS) is 11.0. The van der Waals surface area contributed by atoms with E-state index in [1.54, 1.807) is 12.1 Å². The van der Waals surface area contributed by atoms with Crippen molar-refractivity contribution in [3.63, 3.8) is 0 Å². The predicted molar refractivity (Wildman–Crippen MR) is 89.5 cm³/mol. The molecule has 23 heavy (non-hydrogen) atoms. The molecular formula is C15H8BrN3O3S. The highest BCUT2D eigenvalue weighted by molar-refractivity contribution is 9.10. The van der Waals surface area contributed by atoms with Gasteiger partial charge in [-0.1, -0.05) is 22.6 Å². The fraction of sp³-hybridized carbons (Fsp3) is 0. The molecule has 0 radical (unpaired) electrons. The van der Waals surface area contributed by atoms with Gasteiger partial charge in [0.1, 0.15) is 0 Å². The summed E-state index contributed by atoms with van der Waals surface area (Å²) in [6, 6.07) is 10.8. The fourth-order valence-electron chi connectivity index (χ4n) is 2.05. The largest absolute Gasteiger partial charge is 0.461 e. The van der Waals surface area contributed by atoms with E-state index in [0.717, 1.165) is 14.7 Å². The summed E-state index contributed by atoms with van der Waals surface area (Å²) in [6.07, 6.45) is 1.52. The number of thiazole rings is 1. The topological polar surface area (TPSA) is 81.2 Å². The zero-order valence-corrected chi connectivity index (χ0v) is 13.8. The van der Waals surface area contributed by atoms with Gasteiger partial charge >= 0.3 is 0 Å². The Morgan fingerprint density at radius 1 is 1.22 bits per heavy atom. The maximum Gasteiger partial charge on any atom is 0.279 e. The standard InChI is InChI=1S/C15H8BrN3O3S/c16-8-3-1-5-12-13(8)17-15(23-12)18-14(20)9-7-11(22-19-9)10-4-2-6-21-10/h1-7H,(H,17,18,20). The maximum atomic E-state index is 12.2. The van der Waals surface area contributed by atoms with E-state index in [2.05, 4.69) is 31.4 Å². The van der Waals surface area contributed by atoms with Crippen molar-refractivity contribution in [3.05, 3.63) is 52.8 Å². The van der Waals surface area contributed by atoms with E-state index in [4.69, 9.17) is 8.94 Å². The Morgan fingerprint density at radius 2 is 2.13 bits per heavy atom. The molecule has 0 aliphatic rings. The average molecular weight is 390 g/mol. The highest BCUT2D eigenvalue weighted by atomic mass is 79.9. The Balaban J connectivity index is 1.58. The minimum absolute atomic E-state index is 0.162. The third kappa shape index (κ3) is 2.66. The molecule has 0 fully saturated rings. The summed E-state index contributed by atoms with van der Waals surface area (Å²) >= 11 is 4.83. The zero-order valence-electron chi connectivity index (χ0n) is 11.4. The number of anilines is 1. The van der Waals surface area contributed by atoms with Crippen LogP contribution in [0.1, 0.15) is 10.5 Å². The number of fused-ring (bicyclic) bond motifs is 1. The molecule has 1 N–H and O–H groups in total. The van der Waals surface area contributed by atoms with Crippen LogP contribution < -0.4 is 5.32 Å². The van der Waals surface area contributed by atoms with Crippen molar-refractivity contribution in [1.82, 2.24) is 10.1 Å². The maximum absolute atomic E-state index is 12.2. The lowest BCUT2D eigenvalue weighted by atomic mass is 10.3. The molecule has 8 heteroatoms. The number of rotatable bonds is 3. The Kier molecular flexibility index (Phi) is 3.47. The molecule has 114 valence electrons. The number of aromatic nitrogens is 2. The van der Waals surface area contributed by atoms with Crippen molar-refractivity contribution >= 4 is 48.5 Å². The highest BCUT2D eigenvalue weighted by Gasteiger charge is 2.17. The van der Waals surface area contributed by atoms with Crippen LogP contribution in [0.4, 0.5) is 5.13 Å². The highest BCUT2D eigenvalue weighted by Crippen LogP contribution is 2.31. The number of benzene rings is 1. The number of carbonyl (C=O) groups is 1. The van der Waals surface area contributed by atoms with Crippen molar-refractivity contribution in [2.24, 2.45) is 0 Å². The molecule has 0 aliphatic carbocycles. The molecular weight excluding hydrogens is 382 g/mol. The fourth-order valence-corrected chi connectivity index (χ4v) is 3.52. The van der Waals surface area contributed by atoms with Crippen molar-refractivity contribution in [3.8, 4) is 11.5 Å². The van der Waals surface area contributed by atoms with Gasteiger partial charge in [0.25, 0.3) is 5.91 Å². The van der Waals surface area contributed by atoms with Crippen molar-refractivity contribution in [2.45, 2.75) is 0 Å². The third-order valence-corrected chi connectivity index (χ3v) is 4.67. The van der Waals surface area contributed by atoms with Gasteiger partial charge in [0.05, 0.1) is 16.5 Å². The summed E-state index contributed by atoms with van der Waals surface area (Å²) in [4.78, 5) is 16.6. The SMILES string of the molecule is O=C(Nc1nc2c(Br)cccc2s1)c1cc(-c2ccco2)on1. The van der Waals surface area contributed by atoms with Crippen LogP contribution in [0.15, 0.2) is 56.1 Å². The van der Waals surface area contributed by atoms with Gasteiger partial charge in [-0.3, -0.25) is 10.1 Å². The molecule has 0 unspecified atom stereocenters. The molecule has 0 bridgehead atoms. The number of hydrogen-bond acceptors (Lipinski definition) is 6. The van der Waals surface area contributed by atoms with Crippen molar-refractivity contribution in [2.75, 3.05) is 5.32 Å².